The fourth-order valence-corrected chi connectivity index (χ4v) is 4.44. The van der Waals surface area contributed by atoms with Gasteiger partial charge in [0.15, 0.2) is 5.78 Å². The molecule has 0 saturated heterocycles. The second-order valence-corrected chi connectivity index (χ2v) is 8.15. The third kappa shape index (κ3) is 4.43. The van der Waals surface area contributed by atoms with E-state index in [0.717, 1.165) is 26.9 Å². The van der Waals surface area contributed by atoms with Gasteiger partial charge in [0.25, 0.3) is 0 Å². The Morgan fingerprint density at radius 2 is 1.61 bits per heavy atom. The van der Waals surface area contributed by atoms with Gasteiger partial charge in [0.05, 0.1) is 11.1 Å². The molecule has 0 bridgehead atoms. The topological polar surface area (TPSA) is 96.2 Å². The van der Waals surface area contributed by atoms with Crippen LogP contribution in [0.25, 0.3) is 32.3 Å². The number of benzene rings is 4. The third-order valence-electron chi connectivity index (χ3n) is 4.60. The van der Waals surface area contributed by atoms with Gasteiger partial charge >= 0.3 is 10.2 Å². The minimum atomic E-state index is -3.81. The van der Waals surface area contributed by atoms with Crippen LogP contribution in [0.15, 0.2) is 75.2 Å². The van der Waals surface area contributed by atoms with Gasteiger partial charge in [0, 0.05) is 32.5 Å². The quantitative estimate of drug-likeness (QED) is 0.154. The molecule has 1 N–H and O–H groups in total. The summed E-state index contributed by atoms with van der Waals surface area (Å²) in [5.74, 6) is -0.0625. The average Bonchev–Trinajstić information content (AvgIpc) is 3.02. The van der Waals surface area contributed by atoms with Gasteiger partial charge in [0.2, 0.25) is 0 Å². The van der Waals surface area contributed by atoms with Gasteiger partial charge in [-0.1, -0.05) is 41.8 Å². The van der Waals surface area contributed by atoms with Crippen LogP contribution in [0.1, 0.15) is 13.8 Å². The van der Waals surface area contributed by atoms with Crippen LogP contribution in [0.2, 0.25) is 0 Å². The first-order valence-corrected chi connectivity index (χ1v) is 10.5. The van der Waals surface area contributed by atoms with E-state index in [2.05, 4.69) is 14.9 Å². The summed E-state index contributed by atoms with van der Waals surface area (Å²) < 4.78 is 31.5. The molecule has 5 rings (SSSR count). The number of nitrogens with zero attached hydrogens (tertiary/aromatic N) is 2. The number of rotatable bonds is 1. The molecule has 0 radical (unpaired) electrons. The summed E-state index contributed by atoms with van der Waals surface area (Å²) in [6.45, 7) is 2.85. The molecule has 1 aliphatic heterocycles. The molecule has 0 aliphatic carbocycles. The first kappa shape index (κ1) is 22.8. The maximum absolute atomic E-state index is 11.9. The van der Waals surface area contributed by atoms with Crippen LogP contribution >= 0.6 is 0 Å². The summed E-state index contributed by atoms with van der Waals surface area (Å²) in [6, 6.07) is 20.7. The minimum absolute atomic E-state index is 0. The normalized spacial score (nSPS) is 14.1. The number of carbonyl (C=O) groups excluding carboxylic acids is 1. The molecule has 31 heavy (non-hydrogen) atoms. The van der Waals surface area contributed by atoms with Crippen molar-refractivity contribution in [2.75, 3.05) is 0 Å². The van der Waals surface area contributed by atoms with Crippen molar-refractivity contribution in [3.05, 3.63) is 83.2 Å². The number of allylic oxidation sites excluding steroid dienone is 2. The molecule has 0 aromatic heterocycles. The molecular formula is C23H17N2O4PtS-. The summed E-state index contributed by atoms with van der Waals surface area (Å²) in [7, 11) is -3.81. The molecule has 160 valence electrons. The molecule has 4 aromatic rings. The fourth-order valence-electron chi connectivity index (χ4n) is 3.57. The monoisotopic (exact) mass is 612 g/mol. The SMILES string of the molecule is CC(=O)/C=C(/C)O.O=S1(=O)N=c2c(c3ccc4ccccc4c3c3ccc[c-]c23)=N1.[Pt]. The maximum atomic E-state index is 11.9. The Balaban J connectivity index is 0.000000299. The van der Waals surface area contributed by atoms with Crippen molar-refractivity contribution in [3.63, 3.8) is 0 Å². The number of aliphatic hydroxyl groups excluding tert-OH is 1. The van der Waals surface area contributed by atoms with Crippen molar-refractivity contribution < 1.29 is 39.4 Å². The second-order valence-electron chi connectivity index (χ2n) is 6.89. The summed E-state index contributed by atoms with van der Waals surface area (Å²) in [4.78, 5) is 10.0. The summed E-state index contributed by atoms with van der Waals surface area (Å²) in [5.41, 5.74) is 0. The number of ketones is 1. The Kier molecular flexibility index (Phi) is 6.39. The van der Waals surface area contributed by atoms with Gasteiger partial charge in [-0.3, -0.25) is 4.79 Å². The van der Waals surface area contributed by atoms with E-state index < -0.39 is 10.2 Å². The first-order valence-electron chi connectivity index (χ1n) is 9.13. The van der Waals surface area contributed by atoms with Crippen molar-refractivity contribution in [1.29, 1.82) is 0 Å². The van der Waals surface area contributed by atoms with Crippen LogP contribution in [0.4, 0.5) is 0 Å². The number of hydrogen-bond acceptors (Lipinski definition) is 4. The second kappa shape index (κ2) is 8.69. The average molecular weight is 613 g/mol. The largest absolute Gasteiger partial charge is 0.512 e. The van der Waals surface area contributed by atoms with Crippen molar-refractivity contribution in [2.24, 2.45) is 8.80 Å². The van der Waals surface area contributed by atoms with Gasteiger partial charge in [-0.25, -0.2) is 0 Å². The van der Waals surface area contributed by atoms with E-state index in [9.17, 15) is 13.2 Å². The molecule has 0 amide bonds. The van der Waals surface area contributed by atoms with Crippen molar-refractivity contribution in [3.8, 4) is 0 Å². The number of aliphatic hydroxyl groups is 1. The molecule has 0 unspecified atom stereocenters. The van der Waals surface area contributed by atoms with E-state index in [1.54, 1.807) is 6.07 Å². The summed E-state index contributed by atoms with van der Waals surface area (Å²) in [5, 5.41) is 14.8. The fraction of sp³-hybridized carbons (Fsp3) is 0.0870. The number of fused-ring (bicyclic) bond motifs is 8. The minimum Gasteiger partial charge on any atom is -0.512 e. The molecular weight excluding hydrogens is 595 g/mol. The van der Waals surface area contributed by atoms with E-state index in [1.165, 1.54) is 19.9 Å². The molecule has 1 heterocycles. The van der Waals surface area contributed by atoms with Gasteiger partial charge in [-0.15, -0.1) is 29.7 Å². The molecule has 4 aromatic carbocycles. The van der Waals surface area contributed by atoms with E-state index in [1.807, 2.05) is 48.5 Å². The van der Waals surface area contributed by atoms with E-state index in [4.69, 9.17) is 5.11 Å². The van der Waals surface area contributed by atoms with Crippen LogP contribution in [0.3, 0.4) is 0 Å². The van der Waals surface area contributed by atoms with Crippen molar-refractivity contribution in [1.82, 2.24) is 0 Å². The van der Waals surface area contributed by atoms with Gasteiger partial charge in [0.1, 0.15) is 0 Å². The number of hydrogen-bond donors (Lipinski definition) is 1. The Bertz CT molecular complexity index is 1610. The first-order chi connectivity index (χ1) is 14.3. The zero-order chi connectivity index (χ0) is 21.5. The van der Waals surface area contributed by atoms with Crippen LogP contribution in [0, 0.1) is 6.07 Å². The summed E-state index contributed by atoms with van der Waals surface area (Å²) >= 11 is 0. The molecule has 8 heteroatoms. The maximum Gasteiger partial charge on any atom is 0.354 e. The van der Waals surface area contributed by atoms with Gasteiger partial charge < -0.3 is 5.11 Å². The third-order valence-corrected chi connectivity index (χ3v) is 5.42. The van der Waals surface area contributed by atoms with Crippen LogP contribution in [0.5, 0.6) is 0 Å². The molecule has 0 saturated carbocycles. The summed E-state index contributed by atoms with van der Waals surface area (Å²) in [6.07, 6.45) is 1.17. The zero-order valence-electron chi connectivity index (χ0n) is 16.6. The zero-order valence-corrected chi connectivity index (χ0v) is 19.7. The van der Waals surface area contributed by atoms with Crippen LogP contribution in [-0.2, 0) is 36.1 Å². The Hall–Kier alpha value is -2.89. The van der Waals surface area contributed by atoms with Crippen LogP contribution < -0.4 is 10.7 Å². The Morgan fingerprint density at radius 3 is 2.29 bits per heavy atom. The molecule has 1 aliphatic rings. The molecule has 0 spiro atoms. The van der Waals surface area contributed by atoms with Gasteiger partial charge in [-0.05, 0) is 35.4 Å². The van der Waals surface area contributed by atoms with E-state index in [0.29, 0.717) is 16.1 Å². The number of carbonyl (C=O) groups is 1. The van der Waals surface area contributed by atoms with Crippen LogP contribution in [-0.4, -0.2) is 19.3 Å². The smallest absolute Gasteiger partial charge is 0.354 e. The molecule has 6 nitrogen and oxygen atoms in total. The van der Waals surface area contributed by atoms with E-state index >= 15 is 0 Å². The molecule has 0 fully saturated rings. The Labute approximate surface area is 193 Å². The van der Waals surface area contributed by atoms with Gasteiger partial charge in [-0.2, -0.15) is 17.2 Å². The standard InChI is InChI=1S/C18H9N2O2S.C5H8O2.Pt/c21-23(22)19-17-14-8-4-3-7-13(14)16-12-6-2-1-5-11(12)9-10-15(16)18(17)20-23;1-4(6)3-5(2)7;/h1-7,9-10H;3,6H,1-2H3;/q-1;;/b;4-3-;. The predicted octanol–water partition coefficient (Wildman–Crippen LogP) is 3.48. The molecule has 0 atom stereocenters. The van der Waals surface area contributed by atoms with Crippen molar-refractivity contribution >= 4 is 48.3 Å². The van der Waals surface area contributed by atoms with Crippen molar-refractivity contribution in [2.45, 2.75) is 13.8 Å². The van der Waals surface area contributed by atoms with E-state index in [-0.39, 0.29) is 32.6 Å². The predicted molar refractivity (Wildman–Crippen MR) is 116 cm³/mol. The Morgan fingerprint density at radius 1 is 0.935 bits per heavy atom.